The molecule has 0 radical (unpaired) electrons. The van der Waals surface area contributed by atoms with Gasteiger partial charge in [-0.25, -0.2) is 0 Å². The number of cyclic esters (lactones) is 1. The van der Waals surface area contributed by atoms with Gasteiger partial charge in [-0.1, -0.05) is 40.5 Å². The van der Waals surface area contributed by atoms with E-state index in [-0.39, 0.29) is 17.5 Å². The predicted molar refractivity (Wildman–Crippen MR) is 82.4 cm³/mol. The molecule has 1 aliphatic carbocycles. The summed E-state index contributed by atoms with van der Waals surface area (Å²) in [5.74, 6) is 2.47. The predicted octanol–water partition coefficient (Wildman–Crippen LogP) is 4.96. The van der Waals surface area contributed by atoms with Crippen LogP contribution in [0.5, 0.6) is 0 Å². The van der Waals surface area contributed by atoms with E-state index in [0.29, 0.717) is 12.3 Å². The number of carbonyl (C=O) groups is 1. The van der Waals surface area contributed by atoms with Gasteiger partial charge in [-0.15, -0.1) is 0 Å². The van der Waals surface area contributed by atoms with Gasteiger partial charge in [0.05, 0.1) is 6.42 Å². The highest BCUT2D eigenvalue weighted by Gasteiger charge is 2.32. The van der Waals surface area contributed by atoms with Crippen LogP contribution in [0.2, 0.25) is 0 Å². The van der Waals surface area contributed by atoms with Crippen LogP contribution in [-0.2, 0) is 9.53 Å². The Morgan fingerprint density at radius 3 is 2.50 bits per heavy atom. The first kappa shape index (κ1) is 15.9. The molecule has 1 saturated carbocycles. The molecule has 2 aliphatic rings. The highest BCUT2D eigenvalue weighted by molar-refractivity contribution is 5.70. The molecular formula is C18H32O2. The van der Waals surface area contributed by atoms with Crippen LogP contribution in [0.15, 0.2) is 0 Å². The largest absolute Gasteiger partial charge is 0.462 e. The number of carbonyl (C=O) groups excluding carboxylic acids is 1. The van der Waals surface area contributed by atoms with E-state index in [9.17, 15) is 4.79 Å². The van der Waals surface area contributed by atoms with Crippen LogP contribution in [0, 0.1) is 23.2 Å². The second-order valence-electron chi connectivity index (χ2n) is 8.22. The fourth-order valence-corrected chi connectivity index (χ4v) is 3.95. The van der Waals surface area contributed by atoms with Gasteiger partial charge in [0.2, 0.25) is 0 Å². The van der Waals surface area contributed by atoms with Gasteiger partial charge < -0.3 is 4.74 Å². The highest BCUT2D eigenvalue weighted by Crippen LogP contribution is 2.38. The first-order chi connectivity index (χ1) is 9.35. The van der Waals surface area contributed by atoms with Crippen molar-refractivity contribution in [1.82, 2.24) is 0 Å². The summed E-state index contributed by atoms with van der Waals surface area (Å²) >= 11 is 0. The molecule has 1 heterocycles. The zero-order valence-corrected chi connectivity index (χ0v) is 13.8. The molecule has 0 amide bonds. The third-order valence-corrected chi connectivity index (χ3v) is 5.56. The van der Waals surface area contributed by atoms with Gasteiger partial charge in [-0.05, 0) is 55.3 Å². The number of esters is 1. The monoisotopic (exact) mass is 280 g/mol. The molecule has 1 saturated heterocycles. The average molecular weight is 280 g/mol. The van der Waals surface area contributed by atoms with Crippen molar-refractivity contribution in [3.63, 3.8) is 0 Å². The zero-order chi connectivity index (χ0) is 14.8. The molecule has 0 bridgehead atoms. The Morgan fingerprint density at radius 2 is 1.85 bits per heavy atom. The Bertz CT molecular complexity index is 326. The minimum Gasteiger partial charge on any atom is -0.462 e. The number of ether oxygens (including phenoxy) is 1. The van der Waals surface area contributed by atoms with Gasteiger partial charge in [-0.3, -0.25) is 4.79 Å². The molecule has 2 fully saturated rings. The Balaban J connectivity index is 1.84. The Kier molecular flexibility index (Phi) is 5.14. The topological polar surface area (TPSA) is 26.3 Å². The maximum atomic E-state index is 11.9. The molecule has 1 aliphatic heterocycles. The van der Waals surface area contributed by atoms with E-state index in [1.165, 1.54) is 25.7 Å². The Hall–Kier alpha value is -0.530. The first-order valence-corrected chi connectivity index (χ1v) is 8.55. The molecule has 2 heteroatoms. The van der Waals surface area contributed by atoms with Crippen molar-refractivity contribution in [2.75, 3.05) is 0 Å². The van der Waals surface area contributed by atoms with Gasteiger partial charge in [0.1, 0.15) is 6.10 Å². The quantitative estimate of drug-likeness (QED) is 0.683. The maximum absolute atomic E-state index is 11.9. The molecule has 2 atom stereocenters. The SMILES string of the molecule is CC1CCC(C(C)CC2CCC(C)(C)CC(=O)O2)CC1. The second kappa shape index (κ2) is 6.49. The molecule has 0 aromatic heterocycles. The van der Waals surface area contributed by atoms with Crippen molar-refractivity contribution in [2.24, 2.45) is 23.2 Å². The molecule has 2 nitrogen and oxygen atoms in total. The van der Waals surface area contributed by atoms with Crippen molar-refractivity contribution >= 4 is 5.97 Å². The van der Waals surface area contributed by atoms with E-state index in [0.717, 1.165) is 31.1 Å². The van der Waals surface area contributed by atoms with E-state index in [2.05, 4.69) is 27.7 Å². The highest BCUT2D eigenvalue weighted by atomic mass is 16.5. The smallest absolute Gasteiger partial charge is 0.306 e. The molecule has 0 aromatic carbocycles. The van der Waals surface area contributed by atoms with Crippen LogP contribution in [0.3, 0.4) is 0 Å². The maximum Gasteiger partial charge on any atom is 0.306 e. The molecule has 20 heavy (non-hydrogen) atoms. The zero-order valence-electron chi connectivity index (χ0n) is 13.8. The van der Waals surface area contributed by atoms with Crippen molar-refractivity contribution in [1.29, 1.82) is 0 Å². The molecule has 0 aromatic rings. The van der Waals surface area contributed by atoms with Crippen LogP contribution in [0.25, 0.3) is 0 Å². The van der Waals surface area contributed by atoms with Crippen LogP contribution in [0.4, 0.5) is 0 Å². The fourth-order valence-electron chi connectivity index (χ4n) is 3.95. The molecule has 2 rings (SSSR count). The molecule has 0 spiro atoms. The van der Waals surface area contributed by atoms with E-state index in [4.69, 9.17) is 4.74 Å². The number of rotatable bonds is 3. The third kappa shape index (κ3) is 4.49. The van der Waals surface area contributed by atoms with E-state index < -0.39 is 0 Å². The number of hydrogen-bond acceptors (Lipinski definition) is 2. The van der Waals surface area contributed by atoms with E-state index >= 15 is 0 Å². The lowest BCUT2D eigenvalue weighted by Crippen LogP contribution is -2.25. The third-order valence-electron chi connectivity index (χ3n) is 5.56. The standard InChI is InChI=1S/C18H32O2/c1-13-5-7-15(8-6-13)14(2)11-16-9-10-18(3,4)12-17(19)20-16/h13-16H,5-12H2,1-4H3. The minimum absolute atomic E-state index is 0.0157. The summed E-state index contributed by atoms with van der Waals surface area (Å²) in [7, 11) is 0. The van der Waals surface area contributed by atoms with Crippen molar-refractivity contribution < 1.29 is 9.53 Å². The fraction of sp³-hybridized carbons (Fsp3) is 0.944. The lowest BCUT2D eigenvalue weighted by molar-refractivity contribution is -0.150. The summed E-state index contributed by atoms with van der Waals surface area (Å²) in [6.07, 6.45) is 9.48. The van der Waals surface area contributed by atoms with Crippen LogP contribution in [-0.4, -0.2) is 12.1 Å². The number of hydrogen-bond donors (Lipinski definition) is 0. The lowest BCUT2D eigenvalue weighted by Gasteiger charge is -2.32. The van der Waals surface area contributed by atoms with E-state index in [1.54, 1.807) is 0 Å². The van der Waals surface area contributed by atoms with Crippen molar-refractivity contribution in [2.45, 2.75) is 85.2 Å². The van der Waals surface area contributed by atoms with Crippen LogP contribution < -0.4 is 0 Å². The van der Waals surface area contributed by atoms with Gasteiger partial charge in [0.25, 0.3) is 0 Å². The van der Waals surface area contributed by atoms with Gasteiger partial charge in [-0.2, -0.15) is 0 Å². The van der Waals surface area contributed by atoms with E-state index in [1.807, 2.05) is 0 Å². The Labute approximate surface area is 124 Å². The molecule has 0 N–H and O–H groups in total. The molecule has 2 unspecified atom stereocenters. The van der Waals surface area contributed by atoms with Gasteiger partial charge >= 0.3 is 5.97 Å². The Morgan fingerprint density at radius 1 is 1.20 bits per heavy atom. The van der Waals surface area contributed by atoms with Crippen molar-refractivity contribution in [3.05, 3.63) is 0 Å². The summed E-state index contributed by atoms with van der Waals surface area (Å²) in [6.45, 7) is 9.10. The average Bonchev–Trinajstić information content (AvgIpc) is 2.48. The first-order valence-electron chi connectivity index (χ1n) is 8.55. The van der Waals surface area contributed by atoms with Crippen LogP contribution in [0.1, 0.15) is 79.1 Å². The minimum atomic E-state index is 0.0157. The normalized spacial score (nSPS) is 36.0. The molecular weight excluding hydrogens is 248 g/mol. The van der Waals surface area contributed by atoms with Gasteiger partial charge in [0, 0.05) is 0 Å². The summed E-state index contributed by atoms with van der Waals surface area (Å²) in [6, 6.07) is 0. The van der Waals surface area contributed by atoms with Crippen molar-refractivity contribution in [3.8, 4) is 0 Å². The summed E-state index contributed by atoms with van der Waals surface area (Å²) in [4.78, 5) is 11.9. The lowest BCUT2D eigenvalue weighted by atomic mass is 9.75. The summed E-state index contributed by atoms with van der Waals surface area (Å²) in [5, 5.41) is 0. The van der Waals surface area contributed by atoms with Gasteiger partial charge in [0.15, 0.2) is 0 Å². The second-order valence-corrected chi connectivity index (χ2v) is 8.22. The van der Waals surface area contributed by atoms with Crippen LogP contribution >= 0.6 is 0 Å². The summed E-state index contributed by atoms with van der Waals surface area (Å²) < 4.78 is 5.69. The summed E-state index contributed by atoms with van der Waals surface area (Å²) in [5.41, 5.74) is 0.120. The molecule has 116 valence electrons.